The van der Waals surface area contributed by atoms with E-state index in [1.807, 2.05) is 0 Å². The van der Waals surface area contributed by atoms with E-state index in [2.05, 4.69) is 10.1 Å². The van der Waals surface area contributed by atoms with Gasteiger partial charge < -0.3 is 20.9 Å². The average Bonchev–Trinajstić information content (AvgIpc) is 2.29. The lowest BCUT2D eigenvalue weighted by Gasteiger charge is -2.27. The second kappa shape index (κ2) is 7.08. The van der Waals surface area contributed by atoms with Crippen LogP contribution in [0.5, 0.6) is 0 Å². The number of carbonyl (C=O) groups excluding carboxylic acids is 2. The van der Waals surface area contributed by atoms with E-state index in [0.717, 1.165) is 0 Å². The number of methoxy groups -OCH3 is 1. The maximum atomic E-state index is 11.6. The highest BCUT2D eigenvalue weighted by Gasteiger charge is 2.32. The van der Waals surface area contributed by atoms with Crippen molar-refractivity contribution in [3.05, 3.63) is 0 Å². The predicted molar refractivity (Wildman–Crippen MR) is 68.2 cm³/mol. The number of amides is 1. The van der Waals surface area contributed by atoms with Gasteiger partial charge in [0.2, 0.25) is 5.91 Å². The highest BCUT2D eigenvalue weighted by Crippen LogP contribution is 2.19. The van der Waals surface area contributed by atoms with Crippen LogP contribution in [0.1, 0.15) is 33.6 Å². The Hall–Kier alpha value is -1.63. The minimum absolute atomic E-state index is 0.0316. The van der Waals surface area contributed by atoms with Crippen LogP contribution >= 0.6 is 0 Å². The fourth-order valence-electron chi connectivity index (χ4n) is 1.44. The normalized spacial score (nSPS) is 14.4. The van der Waals surface area contributed by atoms with E-state index < -0.39 is 35.3 Å². The van der Waals surface area contributed by atoms with Crippen molar-refractivity contribution in [1.29, 1.82) is 0 Å². The standard InChI is InChI=1S/C12H22N2O5/c1-12(2,3)9(10(16)17)14-8(15)6-5-7(13)11(18)19-4/h7,9H,5-6,13H2,1-4H3,(H,14,15)(H,16,17)/t7-,9+/m0/s1. The van der Waals surface area contributed by atoms with E-state index in [4.69, 9.17) is 10.8 Å². The molecule has 0 unspecified atom stereocenters. The third-order valence-electron chi connectivity index (χ3n) is 2.60. The summed E-state index contributed by atoms with van der Waals surface area (Å²) in [4.78, 5) is 33.7. The molecule has 0 saturated carbocycles. The number of ether oxygens (including phenoxy) is 1. The lowest BCUT2D eigenvalue weighted by atomic mass is 9.86. The Morgan fingerprint density at radius 3 is 2.21 bits per heavy atom. The molecular weight excluding hydrogens is 252 g/mol. The first kappa shape index (κ1) is 17.4. The lowest BCUT2D eigenvalue weighted by molar-refractivity contribution is -0.145. The van der Waals surface area contributed by atoms with E-state index >= 15 is 0 Å². The maximum Gasteiger partial charge on any atom is 0.326 e. The van der Waals surface area contributed by atoms with Crippen LogP contribution in [0.4, 0.5) is 0 Å². The molecule has 0 heterocycles. The highest BCUT2D eigenvalue weighted by molar-refractivity contribution is 5.84. The van der Waals surface area contributed by atoms with Crippen LogP contribution in [0.3, 0.4) is 0 Å². The summed E-state index contributed by atoms with van der Waals surface area (Å²) in [6.07, 6.45) is 0.0745. The zero-order valence-electron chi connectivity index (χ0n) is 11.7. The van der Waals surface area contributed by atoms with Crippen LogP contribution in [0.2, 0.25) is 0 Å². The molecule has 7 heteroatoms. The Kier molecular flexibility index (Phi) is 6.47. The predicted octanol–water partition coefficient (Wildman–Crippen LogP) is -0.118. The van der Waals surface area contributed by atoms with Gasteiger partial charge in [0.1, 0.15) is 12.1 Å². The van der Waals surface area contributed by atoms with Crippen molar-refractivity contribution in [3.8, 4) is 0 Å². The van der Waals surface area contributed by atoms with Crippen LogP contribution in [0.25, 0.3) is 0 Å². The summed E-state index contributed by atoms with van der Waals surface area (Å²) in [5, 5.41) is 11.5. The van der Waals surface area contributed by atoms with Crippen LogP contribution in [-0.4, -0.2) is 42.1 Å². The number of nitrogens with one attached hydrogen (secondary N) is 1. The van der Waals surface area contributed by atoms with Crippen LogP contribution in [0, 0.1) is 5.41 Å². The molecule has 0 rings (SSSR count). The monoisotopic (exact) mass is 274 g/mol. The van der Waals surface area contributed by atoms with Gasteiger partial charge in [0.25, 0.3) is 0 Å². The van der Waals surface area contributed by atoms with Gasteiger partial charge in [-0.25, -0.2) is 4.79 Å². The van der Waals surface area contributed by atoms with Crippen LogP contribution < -0.4 is 11.1 Å². The summed E-state index contributed by atoms with van der Waals surface area (Å²) in [7, 11) is 1.21. The Balaban J connectivity index is 4.37. The van der Waals surface area contributed by atoms with Crippen molar-refractivity contribution in [1.82, 2.24) is 5.32 Å². The van der Waals surface area contributed by atoms with Gasteiger partial charge in [-0.2, -0.15) is 0 Å². The van der Waals surface area contributed by atoms with Crippen molar-refractivity contribution < 1.29 is 24.2 Å². The zero-order valence-corrected chi connectivity index (χ0v) is 11.7. The number of aliphatic carboxylic acids is 1. The number of carboxylic acids is 1. The number of hydrogen-bond donors (Lipinski definition) is 3. The van der Waals surface area contributed by atoms with E-state index in [0.29, 0.717) is 0 Å². The van der Waals surface area contributed by atoms with Gasteiger partial charge in [0.15, 0.2) is 0 Å². The van der Waals surface area contributed by atoms with Gasteiger partial charge in [0, 0.05) is 6.42 Å². The number of nitrogens with two attached hydrogens (primary N) is 1. The molecular formula is C12H22N2O5. The summed E-state index contributed by atoms with van der Waals surface area (Å²) >= 11 is 0. The molecule has 0 saturated heterocycles. The molecule has 0 fully saturated rings. The van der Waals surface area contributed by atoms with Crippen molar-refractivity contribution in [2.24, 2.45) is 11.1 Å². The number of rotatable bonds is 6. The number of carboxylic acid groups (broad SMARTS) is 1. The van der Waals surface area contributed by atoms with E-state index in [-0.39, 0.29) is 12.8 Å². The minimum atomic E-state index is -1.10. The molecule has 0 aromatic carbocycles. The van der Waals surface area contributed by atoms with Crippen molar-refractivity contribution >= 4 is 17.8 Å². The molecule has 0 bridgehead atoms. The summed E-state index contributed by atoms with van der Waals surface area (Å²) in [5.74, 6) is -2.15. The summed E-state index contributed by atoms with van der Waals surface area (Å²) in [6.45, 7) is 5.14. The lowest BCUT2D eigenvalue weighted by Crippen LogP contribution is -2.49. The van der Waals surface area contributed by atoms with Crippen molar-refractivity contribution in [2.75, 3.05) is 7.11 Å². The van der Waals surface area contributed by atoms with Gasteiger partial charge >= 0.3 is 11.9 Å². The molecule has 19 heavy (non-hydrogen) atoms. The number of esters is 1. The van der Waals surface area contributed by atoms with Crippen LogP contribution in [-0.2, 0) is 19.1 Å². The van der Waals surface area contributed by atoms with Gasteiger partial charge in [0.05, 0.1) is 7.11 Å². The van der Waals surface area contributed by atoms with E-state index in [1.165, 1.54) is 7.11 Å². The Labute approximate surface area is 112 Å². The fourth-order valence-corrected chi connectivity index (χ4v) is 1.44. The summed E-state index contributed by atoms with van der Waals surface area (Å²) in [5.41, 5.74) is 4.88. The van der Waals surface area contributed by atoms with Gasteiger partial charge in [-0.05, 0) is 11.8 Å². The molecule has 2 atom stereocenters. The SMILES string of the molecule is COC(=O)[C@@H](N)CCC(=O)N[C@H](C(=O)O)C(C)(C)C. The quantitative estimate of drug-likeness (QED) is 0.581. The van der Waals surface area contributed by atoms with Gasteiger partial charge in [-0.3, -0.25) is 9.59 Å². The zero-order chi connectivity index (χ0) is 15.2. The second-order valence-corrected chi connectivity index (χ2v) is 5.37. The van der Waals surface area contributed by atoms with E-state index in [1.54, 1.807) is 20.8 Å². The van der Waals surface area contributed by atoms with Crippen LogP contribution in [0.15, 0.2) is 0 Å². The molecule has 1 amide bonds. The smallest absolute Gasteiger partial charge is 0.326 e. The van der Waals surface area contributed by atoms with Gasteiger partial charge in [-0.15, -0.1) is 0 Å². The Morgan fingerprint density at radius 2 is 1.84 bits per heavy atom. The fraction of sp³-hybridized carbons (Fsp3) is 0.750. The molecule has 0 aliphatic carbocycles. The third kappa shape index (κ3) is 6.19. The molecule has 0 aromatic rings. The van der Waals surface area contributed by atoms with Crippen molar-refractivity contribution in [2.45, 2.75) is 45.7 Å². The average molecular weight is 274 g/mol. The highest BCUT2D eigenvalue weighted by atomic mass is 16.5. The first-order valence-electron chi connectivity index (χ1n) is 5.95. The molecule has 0 aliphatic heterocycles. The van der Waals surface area contributed by atoms with Crippen molar-refractivity contribution in [3.63, 3.8) is 0 Å². The minimum Gasteiger partial charge on any atom is -0.480 e. The largest absolute Gasteiger partial charge is 0.480 e. The molecule has 7 nitrogen and oxygen atoms in total. The van der Waals surface area contributed by atoms with Gasteiger partial charge in [-0.1, -0.05) is 20.8 Å². The Morgan fingerprint density at radius 1 is 1.32 bits per heavy atom. The second-order valence-electron chi connectivity index (χ2n) is 5.37. The molecule has 0 spiro atoms. The topological polar surface area (TPSA) is 119 Å². The molecule has 0 aliphatic rings. The maximum absolute atomic E-state index is 11.6. The molecule has 0 aromatic heterocycles. The summed E-state index contributed by atoms with van der Waals surface area (Å²) < 4.78 is 4.43. The summed E-state index contributed by atoms with van der Waals surface area (Å²) in [6, 6.07) is -1.87. The number of carbonyl (C=O) groups is 3. The number of hydrogen-bond acceptors (Lipinski definition) is 5. The molecule has 110 valence electrons. The van der Waals surface area contributed by atoms with E-state index in [9.17, 15) is 14.4 Å². The molecule has 4 N–H and O–H groups in total. The Bertz CT molecular complexity index is 349. The first-order chi connectivity index (χ1) is 8.59. The molecule has 0 radical (unpaired) electrons. The third-order valence-corrected chi connectivity index (χ3v) is 2.60. The first-order valence-corrected chi connectivity index (χ1v) is 5.95.